The molecule has 1 aromatic rings. The Morgan fingerprint density at radius 3 is 2.95 bits per heavy atom. The number of nitrogens with zero attached hydrogens (tertiary/aromatic N) is 1. The molecule has 1 unspecified atom stereocenters. The molecule has 0 saturated carbocycles. The van der Waals surface area contributed by atoms with Gasteiger partial charge in [-0.3, -0.25) is 9.69 Å². The van der Waals surface area contributed by atoms with Crippen LogP contribution >= 0.6 is 0 Å². The fraction of sp³-hybridized carbons (Fsp3) is 0.611. The number of benzene rings is 1. The van der Waals surface area contributed by atoms with E-state index in [4.69, 9.17) is 0 Å². The number of hydrogen-bond acceptors (Lipinski definition) is 3. The fourth-order valence-electron chi connectivity index (χ4n) is 3.65. The Kier molecular flexibility index (Phi) is 5.46. The SMILES string of the molecule is O=C(CC1CCCc2ccccc21)NCCN1CCNCC1. The lowest BCUT2D eigenvalue weighted by Crippen LogP contribution is -2.46. The number of hydrogen-bond donors (Lipinski definition) is 2. The lowest BCUT2D eigenvalue weighted by molar-refractivity contribution is -0.121. The number of nitrogens with one attached hydrogen (secondary N) is 2. The molecular formula is C18H27N3O. The zero-order valence-electron chi connectivity index (χ0n) is 13.3. The minimum absolute atomic E-state index is 0.205. The van der Waals surface area contributed by atoms with Crippen LogP contribution in [0.5, 0.6) is 0 Å². The molecule has 0 bridgehead atoms. The largest absolute Gasteiger partial charge is 0.355 e. The van der Waals surface area contributed by atoms with Gasteiger partial charge >= 0.3 is 0 Å². The van der Waals surface area contributed by atoms with Crippen molar-refractivity contribution in [3.8, 4) is 0 Å². The zero-order valence-corrected chi connectivity index (χ0v) is 13.3. The van der Waals surface area contributed by atoms with E-state index in [0.29, 0.717) is 12.3 Å². The molecule has 1 aromatic carbocycles. The molecule has 1 amide bonds. The smallest absolute Gasteiger partial charge is 0.220 e. The summed E-state index contributed by atoms with van der Waals surface area (Å²) in [5.74, 6) is 0.612. The van der Waals surface area contributed by atoms with E-state index in [1.807, 2.05) is 0 Å². The van der Waals surface area contributed by atoms with Gasteiger partial charge in [0.15, 0.2) is 0 Å². The highest BCUT2D eigenvalue weighted by Crippen LogP contribution is 2.33. The van der Waals surface area contributed by atoms with Crippen LogP contribution in [0.4, 0.5) is 0 Å². The summed E-state index contributed by atoms with van der Waals surface area (Å²) in [6.45, 7) is 6.04. The normalized spacial score (nSPS) is 22.1. The van der Waals surface area contributed by atoms with Gasteiger partial charge < -0.3 is 10.6 Å². The van der Waals surface area contributed by atoms with Gasteiger partial charge in [0.25, 0.3) is 0 Å². The zero-order chi connectivity index (χ0) is 15.2. The summed E-state index contributed by atoms with van der Waals surface area (Å²) in [6, 6.07) is 8.62. The molecule has 1 aliphatic carbocycles. The summed E-state index contributed by atoms with van der Waals surface area (Å²) >= 11 is 0. The first-order valence-corrected chi connectivity index (χ1v) is 8.60. The van der Waals surface area contributed by atoms with Crippen LogP contribution in [0.2, 0.25) is 0 Å². The second-order valence-corrected chi connectivity index (χ2v) is 6.43. The number of fused-ring (bicyclic) bond motifs is 1. The van der Waals surface area contributed by atoms with Gasteiger partial charge in [-0.05, 0) is 36.3 Å². The van der Waals surface area contributed by atoms with Gasteiger partial charge in [0.05, 0.1) is 0 Å². The van der Waals surface area contributed by atoms with E-state index in [9.17, 15) is 4.79 Å². The molecule has 4 heteroatoms. The van der Waals surface area contributed by atoms with Gasteiger partial charge in [-0.25, -0.2) is 0 Å². The topological polar surface area (TPSA) is 44.4 Å². The van der Waals surface area contributed by atoms with E-state index in [1.54, 1.807) is 0 Å². The van der Waals surface area contributed by atoms with Crippen LogP contribution in [0.1, 0.15) is 36.3 Å². The van der Waals surface area contributed by atoms with Crippen LogP contribution in [0.25, 0.3) is 0 Å². The molecule has 120 valence electrons. The highest BCUT2D eigenvalue weighted by Gasteiger charge is 2.22. The van der Waals surface area contributed by atoms with Crippen LogP contribution in [-0.2, 0) is 11.2 Å². The predicted octanol–water partition coefficient (Wildman–Crippen LogP) is 1.52. The quantitative estimate of drug-likeness (QED) is 0.867. The Morgan fingerprint density at radius 2 is 2.09 bits per heavy atom. The number of piperazine rings is 1. The summed E-state index contributed by atoms with van der Waals surface area (Å²) in [5.41, 5.74) is 2.83. The Morgan fingerprint density at radius 1 is 1.27 bits per heavy atom. The van der Waals surface area contributed by atoms with E-state index in [1.165, 1.54) is 17.5 Å². The van der Waals surface area contributed by atoms with Crippen molar-refractivity contribution in [2.45, 2.75) is 31.6 Å². The van der Waals surface area contributed by atoms with Crippen molar-refractivity contribution in [3.05, 3.63) is 35.4 Å². The summed E-state index contributed by atoms with van der Waals surface area (Å²) in [4.78, 5) is 14.6. The highest BCUT2D eigenvalue weighted by molar-refractivity contribution is 5.77. The van der Waals surface area contributed by atoms with Crippen LogP contribution < -0.4 is 10.6 Å². The van der Waals surface area contributed by atoms with E-state index in [2.05, 4.69) is 39.8 Å². The maximum Gasteiger partial charge on any atom is 0.220 e. The van der Waals surface area contributed by atoms with Crippen molar-refractivity contribution >= 4 is 5.91 Å². The molecule has 4 nitrogen and oxygen atoms in total. The minimum Gasteiger partial charge on any atom is -0.355 e. The summed E-state index contributed by atoms with van der Waals surface area (Å²) in [6.07, 6.45) is 4.15. The van der Waals surface area contributed by atoms with Crippen molar-refractivity contribution in [3.63, 3.8) is 0 Å². The Labute approximate surface area is 133 Å². The number of carbonyl (C=O) groups excluding carboxylic acids is 1. The standard InChI is InChI=1S/C18H27N3O/c22-18(20-10-13-21-11-8-19-9-12-21)14-16-6-3-5-15-4-1-2-7-17(15)16/h1-2,4,7,16,19H,3,5-6,8-14H2,(H,20,22). The summed E-state index contributed by atoms with van der Waals surface area (Å²) < 4.78 is 0. The average molecular weight is 301 g/mol. The molecule has 22 heavy (non-hydrogen) atoms. The number of amides is 1. The van der Waals surface area contributed by atoms with Crippen molar-refractivity contribution in [2.75, 3.05) is 39.3 Å². The monoisotopic (exact) mass is 301 g/mol. The molecule has 3 rings (SSSR count). The molecule has 1 saturated heterocycles. The first kappa shape index (κ1) is 15.5. The molecule has 0 aromatic heterocycles. The minimum atomic E-state index is 0.205. The van der Waals surface area contributed by atoms with Crippen LogP contribution in [0.15, 0.2) is 24.3 Å². The lowest BCUT2D eigenvalue weighted by atomic mass is 9.81. The maximum atomic E-state index is 12.2. The Balaban J connectivity index is 1.44. The van der Waals surface area contributed by atoms with Crippen molar-refractivity contribution < 1.29 is 4.79 Å². The van der Waals surface area contributed by atoms with Gasteiger partial charge in [-0.15, -0.1) is 0 Å². The summed E-state index contributed by atoms with van der Waals surface area (Å²) in [7, 11) is 0. The van der Waals surface area contributed by atoms with Crippen LogP contribution in [0, 0.1) is 0 Å². The van der Waals surface area contributed by atoms with Gasteiger partial charge in [0.2, 0.25) is 5.91 Å². The second kappa shape index (κ2) is 7.75. The molecule has 2 N–H and O–H groups in total. The third-order valence-electron chi connectivity index (χ3n) is 4.89. The van der Waals surface area contributed by atoms with Crippen molar-refractivity contribution in [1.29, 1.82) is 0 Å². The van der Waals surface area contributed by atoms with E-state index < -0.39 is 0 Å². The van der Waals surface area contributed by atoms with Crippen LogP contribution in [-0.4, -0.2) is 50.1 Å². The Bertz CT molecular complexity index is 497. The maximum absolute atomic E-state index is 12.2. The highest BCUT2D eigenvalue weighted by atomic mass is 16.1. The molecular weight excluding hydrogens is 274 g/mol. The van der Waals surface area contributed by atoms with Gasteiger partial charge in [-0.1, -0.05) is 24.3 Å². The van der Waals surface area contributed by atoms with Crippen LogP contribution in [0.3, 0.4) is 0 Å². The lowest BCUT2D eigenvalue weighted by Gasteiger charge is -2.27. The predicted molar refractivity (Wildman–Crippen MR) is 89.1 cm³/mol. The van der Waals surface area contributed by atoms with Crippen molar-refractivity contribution in [2.24, 2.45) is 0 Å². The fourth-order valence-corrected chi connectivity index (χ4v) is 3.65. The first-order valence-electron chi connectivity index (χ1n) is 8.60. The van der Waals surface area contributed by atoms with E-state index in [-0.39, 0.29) is 5.91 Å². The molecule has 2 aliphatic rings. The van der Waals surface area contributed by atoms with Gasteiger partial charge in [0, 0.05) is 45.7 Å². The summed E-state index contributed by atoms with van der Waals surface area (Å²) in [5, 5.41) is 6.46. The van der Waals surface area contributed by atoms with Gasteiger partial charge in [-0.2, -0.15) is 0 Å². The van der Waals surface area contributed by atoms with E-state index in [0.717, 1.165) is 52.1 Å². The number of carbonyl (C=O) groups is 1. The second-order valence-electron chi connectivity index (χ2n) is 6.43. The van der Waals surface area contributed by atoms with Crippen molar-refractivity contribution in [1.82, 2.24) is 15.5 Å². The molecule has 0 spiro atoms. The molecule has 1 aliphatic heterocycles. The first-order chi connectivity index (χ1) is 10.8. The molecule has 0 radical (unpaired) electrons. The molecule has 1 atom stereocenters. The van der Waals surface area contributed by atoms with E-state index >= 15 is 0 Å². The third-order valence-corrected chi connectivity index (χ3v) is 4.89. The number of aryl methyl sites for hydroxylation is 1. The molecule has 1 fully saturated rings. The average Bonchev–Trinajstić information content (AvgIpc) is 2.56. The van der Waals surface area contributed by atoms with Gasteiger partial charge in [0.1, 0.15) is 0 Å². The molecule has 1 heterocycles. The Hall–Kier alpha value is -1.39. The number of rotatable bonds is 5. The third kappa shape index (κ3) is 4.08.